The molecule has 0 aromatic carbocycles. The highest BCUT2D eigenvalue weighted by Gasteiger charge is 2.31. The lowest BCUT2D eigenvalue weighted by Crippen LogP contribution is -2.31. The number of aryl methyl sites for hydroxylation is 1. The molecule has 0 aliphatic rings. The number of anilines is 1. The second-order valence-corrected chi connectivity index (χ2v) is 4.67. The Morgan fingerprint density at radius 1 is 1.56 bits per heavy atom. The highest BCUT2D eigenvalue weighted by Crippen LogP contribution is 2.23. The minimum absolute atomic E-state index is 0.323. The molecular formula is C10H14N4OS. The van der Waals surface area contributed by atoms with Crippen LogP contribution in [0, 0.1) is 16.7 Å². The maximum atomic E-state index is 11.8. The smallest absolute Gasteiger partial charge is 0.246 e. The first-order valence-corrected chi connectivity index (χ1v) is 5.92. The Labute approximate surface area is 98.5 Å². The van der Waals surface area contributed by atoms with Crippen LogP contribution in [0.15, 0.2) is 0 Å². The molecule has 5 nitrogen and oxygen atoms in total. The largest absolute Gasteiger partial charge is 0.299 e. The number of carbonyl (C=O) groups is 1. The van der Waals surface area contributed by atoms with Crippen LogP contribution >= 0.6 is 11.3 Å². The van der Waals surface area contributed by atoms with E-state index in [9.17, 15) is 4.79 Å². The maximum Gasteiger partial charge on any atom is 0.246 e. The summed E-state index contributed by atoms with van der Waals surface area (Å²) in [5.41, 5.74) is -1.00. The van der Waals surface area contributed by atoms with E-state index < -0.39 is 5.41 Å². The van der Waals surface area contributed by atoms with Gasteiger partial charge in [-0.1, -0.05) is 25.2 Å². The minimum Gasteiger partial charge on any atom is -0.299 e. The van der Waals surface area contributed by atoms with Gasteiger partial charge in [-0.05, 0) is 19.8 Å². The Morgan fingerprint density at radius 2 is 2.25 bits per heavy atom. The SMILES string of the molecule is CCc1nnc(NC(=O)C(C)(C#N)CC)s1. The third-order valence-electron chi connectivity index (χ3n) is 2.44. The summed E-state index contributed by atoms with van der Waals surface area (Å²) >= 11 is 1.33. The summed E-state index contributed by atoms with van der Waals surface area (Å²) in [7, 11) is 0. The monoisotopic (exact) mass is 238 g/mol. The number of hydrogen-bond acceptors (Lipinski definition) is 5. The van der Waals surface area contributed by atoms with Gasteiger partial charge in [0.05, 0.1) is 6.07 Å². The number of rotatable bonds is 4. The van der Waals surface area contributed by atoms with Crippen molar-refractivity contribution < 1.29 is 4.79 Å². The summed E-state index contributed by atoms with van der Waals surface area (Å²) in [6, 6.07) is 2.01. The summed E-state index contributed by atoms with van der Waals surface area (Å²) in [5, 5.41) is 20.6. The molecular weight excluding hydrogens is 224 g/mol. The summed E-state index contributed by atoms with van der Waals surface area (Å²) in [5.74, 6) is -0.323. The highest BCUT2D eigenvalue weighted by molar-refractivity contribution is 7.15. The van der Waals surface area contributed by atoms with Crippen LogP contribution < -0.4 is 5.32 Å². The first-order valence-electron chi connectivity index (χ1n) is 5.10. The fraction of sp³-hybridized carbons (Fsp3) is 0.600. The highest BCUT2D eigenvalue weighted by atomic mass is 32.1. The minimum atomic E-state index is -1.00. The zero-order valence-electron chi connectivity index (χ0n) is 9.57. The fourth-order valence-corrected chi connectivity index (χ4v) is 1.65. The molecule has 1 N–H and O–H groups in total. The number of amides is 1. The van der Waals surface area contributed by atoms with Crippen molar-refractivity contribution in [3.8, 4) is 6.07 Å². The van der Waals surface area contributed by atoms with Gasteiger partial charge in [-0.15, -0.1) is 10.2 Å². The number of carbonyl (C=O) groups excluding carboxylic acids is 1. The lowest BCUT2D eigenvalue weighted by atomic mass is 9.88. The van der Waals surface area contributed by atoms with Gasteiger partial charge in [0.25, 0.3) is 0 Å². The molecule has 6 heteroatoms. The first-order chi connectivity index (χ1) is 7.55. The average Bonchev–Trinajstić information content (AvgIpc) is 2.75. The van der Waals surface area contributed by atoms with Crippen LogP contribution in [0.1, 0.15) is 32.2 Å². The van der Waals surface area contributed by atoms with Gasteiger partial charge in [0.15, 0.2) is 0 Å². The van der Waals surface area contributed by atoms with Crippen molar-refractivity contribution in [2.24, 2.45) is 5.41 Å². The Bertz CT molecular complexity index is 423. The molecule has 1 heterocycles. The Morgan fingerprint density at radius 3 is 2.69 bits per heavy atom. The average molecular weight is 238 g/mol. The zero-order valence-corrected chi connectivity index (χ0v) is 10.4. The van der Waals surface area contributed by atoms with Crippen molar-refractivity contribution in [1.29, 1.82) is 5.26 Å². The third-order valence-corrected chi connectivity index (χ3v) is 3.43. The number of aromatic nitrogens is 2. The second-order valence-electron chi connectivity index (χ2n) is 3.61. The van der Waals surface area contributed by atoms with Gasteiger partial charge in [-0.2, -0.15) is 5.26 Å². The number of nitrogens with one attached hydrogen (secondary N) is 1. The Balaban J connectivity index is 2.75. The molecule has 0 fully saturated rings. The first kappa shape index (κ1) is 12.6. The van der Waals surface area contributed by atoms with E-state index in [-0.39, 0.29) is 5.91 Å². The van der Waals surface area contributed by atoms with Gasteiger partial charge >= 0.3 is 0 Å². The van der Waals surface area contributed by atoms with Crippen molar-refractivity contribution in [2.45, 2.75) is 33.6 Å². The molecule has 0 bridgehead atoms. The van der Waals surface area contributed by atoms with E-state index >= 15 is 0 Å². The number of nitrogens with zero attached hydrogens (tertiary/aromatic N) is 3. The van der Waals surface area contributed by atoms with Gasteiger partial charge in [0, 0.05) is 0 Å². The van der Waals surface area contributed by atoms with E-state index in [1.54, 1.807) is 13.8 Å². The Kier molecular flexibility index (Phi) is 3.96. The number of hydrogen-bond donors (Lipinski definition) is 1. The molecule has 1 aromatic heterocycles. The lowest BCUT2D eigenvalue weighted by Gasteiger charge is -2.16. The predicted molar refractivity (Wildman–Crippen MR) is 61.9 cm³/mol. The maximum absolute atomic E-state index is 11.8. The summed E-state index contributed by atoms with van der Waals surface area (Å²) in [6.45, 7) is 5.39. The molecule has 1 rings (SSSR count). The second kappa shape index (κ2) is 5.03. The molecule has 0 spiro atoms. The van der Waals surface area contributed by atoms with Gasteiger partial charge in [-0.3, -0.25) is 10.1 Å². The van der Waals surface area contributed by atoms with Crippen LogP contribution in [0.25, 0.3) is 0 Å². The van der Waals surface area contributed by atoms with Crippen molar-refractivity contribution in [1.82, 2.24) is 10.2 Å². The normalized spacial score (nSPS) is 13.9. The van der Waals surface area contributed by atoms with Crippen molar-refractivity contribution in [3.05, 3.63) is 5.01 Å². The van der Waals surface area contributed by atoms with E-state index in [4.69, 9.17) is 5.26 Å². The molecule has 16 heavy (non-hydrogen) atoms. The zero-order chi connectivity index (χ0) is 12.2. The Hall–Kier alpha value is -1.48. The molecule has 0 aliphatic heterocycles. The predicted octanol–water partition coefficient (Wildman–Crippen LogP) is 1.98. The summed E-state index contributed by atoms with van der Waals surface area (Å²) in [6.07, 6.45) is 1.26. The molecule has 0 aliphatic carbocycles. The summed E-state index contributed by atoms with van der Waals surface area (Å²) < 4.78 is 0. The molecule has 0 radical (unpaired) electrons. The topological polar surface area (TPSA) is 78.7 Å². The van der Waals surface area contributed by atoms with Gasteiger partial charge < -0.3 is 0 Å². The summed E-state index contributed by atoms with van der Waals surface area (Å²) in [4.78, 5) is 11.8. The molecule has 1 aromatic rings. The van der Waals surface area contributed by atoms with Crippen LogP contribution in [-0.4, -0.2) is 16.1 Å². The van der Waals surface area contributed by atoms with Crippen molar-refractivity contribution in [2.75, 3.05) is 5.32 Å². The molecule has 86 valence electrons. The van der Waals surface area contributed by atoms with Crippen LogP contribution in [0.2, 0.25) is 0 Å². The van der Waals surface area contributed by atoms with Gasteiger partial charge in [0.1, 0.15) is 10.4 Å². The fourth-order valence-electron chi connectivity index (χ4n) is 0.972. The van der Waals surface area contributed by atoms with Crippen LogP contribution in [0.5, 0.6) is 0 Å². The van der Waals surface area contributed by atoms with Gasteiger partial charge in [-0.25, -0.2) is 0 Å². The molecule has 1 unspecified atom stereocenters. The van der Waals surface area contributed by atoms with Crippen LogP contribution in [-0.2, 0) is 11.2 Å². The van der Waals surface area contributed by atoms with E-state index in [2.05, 4.69) is 15.5 Å². The van der Waals surface area contributed by atoms with E-state index in [1.807, 2.05) is 13.0 Å². The van der Waals surface area contributed by atoms with Gasteiger partial charge in [0.2, 0.25) is 11.0 Å². The quantitative estimate of drug-likeness (QED) is 0.869. The van der Waals surface area contributed by atoms with Crippen LogP contribution in [0.4, 0.5) is 5.13 Å². The van der Waals surface area contributed by atoms with E-state index in [1.165, 1.54) is 11.3 Å². The number of nitriles is 1. The standard InChI is InChI=1S/C10H14N4OS/c1-4-7-13-14-9(16-7)12-8(15)10(3,5-2)6-11/h4-5H2,1-3H3,(H,12,14,15). The van der Waals surface area contributed by atoms with Crippen LogP contribution in [0.3, 0.4) is 0 Å². The molecule has 1 atom stereocenters. The molecule has 0 saturated carbocycles. The molecule has 1 amide bonds. The van der Waals surface area contributed by atoms with Crippen molar-refractivity contribution in [3.63, 3.8) is 0 Å². The van der Waals surface area contributed by atoms with E-state index in [0.717, 1.165) is 11.4 Å². The molecule has 0 saturated heterocycles. The van der Waals surface area contributed by atoms with E-state index in [0.29, 0.717) is 11.6 Å². The third kappa shape index (κ3) is 2.55. The lowest BCUT2D eigenvalue weighted by molar-refractivity contribution is -0.122. The van der Waals surface area contributed by atoms with Crippen molar-refractivity contribution >= 4 is 22.4 Å².